The summed E-state index contributed by atoms with van der Waals surface area (Å²) in [6, 6.07) is 13.2. The highest BCUT2D eigenvalue weighted by Crippen LogP contribution is 2.16. The number of H-pyrrole nitrogens is 1. The van der Waals surface area contributed by atoms with Crippen LogP contribution in [-0.2, 0) is 6.42 Å². The van der Waals surface area contributed by atoms with E-state index in [1.807, 2.05) is 42.5 Å². The first kappa shape index (κ1) is 14.0. The number of rotatable bonds is 5. The third-order valence-electron chi connectivity index (χ3n) is 3.34. The lowest BCUT2D eigenvalue weighted by atomic mass is 10.1. The number of hydrogen-bond acceptors (Lipinski definition) is 3. The largest absolute Gasteiger partial charge is 0.352 e. The Bertz CT molecular complexity index is 721. The fourth-order valence-electron chi connectivity index (χ4n) is 2.16. The topological polar surface area (TPSA) is 70.7 Å². The van der Waals surface area contributed by atoms with Crippen molar-refractivity contribution >= 4 is 5.91 Å². The van der Waals surface area contributed by atoms with Gasteiger partial charge in [-0.05, 0) is 24.3 Å². The maximum absolute atomic E-state index is 12.1. The summed E-state index contributed by atoms with van der Waals surface area (Å²) in [5, 5.41) is 2.89. The van der Waals surface area contributed by atoms with E-state index in [1.165, 1.54) is 0 Å². The summed E-state index contributed by atoms with van der Waals surface area (Å²) in [7, 11) is 0. The van der Waals surface area contributed by atoms with Crippen molar-refractivity contribution in [3.63, 3.8) is 0 Å². The molecule has 0 fully saturated rings. The standard InChI is InChI=1S/C17H16N4O/c22-17(20-10-8-15-11-18-12-21-15)14-6-4-13(5-7-14)16-3-1-2-9-19-16/h1-7,9,11-12H,8,10H2,(H,18,21)(H,20,22). The number of nitrogens with zero attached hydrogens (tertiary/aromatic N) is 2. The van der Waals surface area contributed by atoms with Crippen LogP contribution in [0, 0.1) is 0 Å². The van der Waals surface area contributed by atoms with E-state index in [1.54, 1.807) is 18.7 Å². The van der Waals surface area contributed by atoms with Gasteiger partial charge in [0.15, 0.2) is 0 Å². The van der Waals surface area contributed by atoms with Gasteiger partial charge in [-0.2, -0.15) is 0 Å². The molecule has 0 spiro atoms. The molecular weight excluding hydrogens is 276 g/mol. The molecule has 0 aliphatic heterocycles. The molecule has 0 aliphatic rings. The van der Waals surface area contributed by atoms with E-state index in [0.717, 1.165) is 23.4 Å². The zero-order valence-electron chi connectivity index (χ0n) is 12.0. The third kappa shape index (κ3) is 3.38. The first-order valence-electron chi connectivity index (χ1n) is 7.10. The van der Waals surface area contributed by atoms with Gasteiger partial charge in [0.25, 0.3) is 5.91 Å². The first-order valence-corrected chi connectivity index (χ1v) is 7.10. The summed E-state index contributed by atoms with van der Waals surface area (Å²) in [6.07, 6.45) is 5.88. The van der Waals surface area contributed by atoms with E-state index in [-0.39, 0.29) is 5.91 Å². The maximum Gasteiger partial charge on any atom is 0.251 e. The molecule has 3 rings (SSSR count). The highest BCUT2D eigenvalue weighted by Gasteiger charge is 2.06. The average Bonchev–Trinajstić information content (AvgIpc) is 3.09. The first-order chi connectivity index (χ1) is 10.8. The normalized spacial score (nSPS) is 10.4. The molecule has 110 valence electrons. The van der Waals surface area contributed by atoms with Gasteiger partial charge in [0, 0.05) is 42.2 Å². The van der Waals surface area contributed by atoms with Gasteiger partial charge in [-0.3, -0.25) is 9.78 Å². The summed E-state index contributed by atoms with van der Waals surface area (Å²) in [4.78, 5) is 23.3. The van der Waals surface area contributed by atoms with E-state index < -0.39 is 0 Å². The highest BCUT2D eigenvalue weighted by atomic mass is 16.1. The Morgan fingerprint density at radius 2 is 2.00 bits per heavy atom. The minimum atomic E-state index is -0.0768. The molecule has 0 unspecified atom stereocenters. The van der Waals surface area contributed by atoms with Gasteiger partial charge in [0.1, 0.15) is 0 Å². The Hall–Kier alpha value is -2.95. The third-order valence-corrected chi connectivity index (χ3v) is 3.34. The number of benzene rings is 1. The number of nitrogens with one attached hydrogen (secondary N) is 2. The van der Waals surface area contributed by atoms with Crippen LogP contribution in [0.3, 0.4) is 0 Å². The van der Waals surface area contributed by atoms with E-state index in [9.17, 15) is 4.79 Å². The number of pyridine rings is 1. The van der Waals surface area contributed by atoms with Crippen LogP contribution < -0.4 is 5.32 Å². The number of aromatic amines is 1. The second kappa shape index (κ2) is 6.67. The number of aromatic nitrogens is 3. The predicted octanol–water partition coefficient (Wildman–Crippen LogP) is 2.44. The van der Waals surface area contributed by atoms with Crippen LogP contribution in [0.2, 0.25) is 0 Å². The number of carbonyl (C=O) groups excluding carboxylic acids is 1. The molecule has 22 heavy (non-hydrogen) atoms. The van der Waals surface area contributed by atoms with Crippen LogP contribution in [0.1, 0.15) is 16.1 Å². The molecule has 2 aromatic heterocycles. The summed E-state index contributed by atoms with van der Waals surface area (Å²) < 4.78 is 0. The molecule has 0 saturated heterocycles. The molecule has 1 aromatic carbocycles. The van der Waals surface area contributed by atoms with Crippen LogP contribution in [0.4, 0.5) is 0 Å². The van der Waals surface area contributed by atoms with Gasteiger partial charge in [0.2, 0.25) is 0 Å². The van der Waals surface area contributed by atoms with Gasteiger partial charge in [-0.25, -0.2) is 4.98 Å². The number of hydrogen-bond donors (Lipinski definition) is 2. The molecule has 0 aliphatic carbocycles. The number of amides is 1. The van der Waals surface area contributed by atoms with Crippen LogP contribution in [-0.4, -0.2) is 27.4 Å². The van der Waals surface area contributed by atoms with Crippen molar-refractivity contribution in [1.82, 2.24) is 20.3 Å². The van der Waals surface area contributed by atoms with Crippen LogP contribution in [0.25, 0.3) is 11.3 Å². The van der Waals surface area contributed by atoms with Crippen LogP contribution in [0.15, 0.2) is 61.2 Å². The van der Waals surface area contributed by atoms with Gasteiger partial charge in [0.05, 0.1) is 12.0 Å². The molecule has 0 saturated carbocycles. The minimum absolute atomic E-state index is 0.0768. The van der Waals surface area contributed by atoms with E-state index in [2.05, 4.69) is 20.3 Å². The Morgan fingerprint density at radius 1 is 1.14 bits per heavy atom. The van der Waals surface area contributed by atoms with Gasteiger partial charge >= 0.3 is 0 Å². The monoisotopic (exact) mass is 292 g/mol. The summed E-state index contributed by atoms with van der Waals surface area (Å²) >= 11 is 0. The molecule has 2 heterocycles. The van der Waals surface area contributed by atoms with Crippen molar-refractivity contribution < 1.29 is 4.79 Å². The van der Waals surface area contributed by atoms with E-state index in [4.69, 9.17) is 0 Å². The highest BCUT2D eigenvalue weighted by molar-refractivity contribution is 5.94. The van der Waals surface area contributed by atoms with Crippen LogP contribution in [0.5, 0.6) is 0 Å². The lowest BCUT2D eigenvalue weighted by Gasteiger charge is -2.05. The summed E-state index contributed by atoms with van der Waals surface area (Å²) in [5.74, 6) is -0.0768. The predicted molar refractivity (Wildman–Crippen MR) is 84.3 cm³/mol. The summed E-state index contributed by atoms with van der Waals surface area (Å²) in [5.41, 5.74) is 3.54. The van der Waals surface area contributed by atoms with Crippen molar-refractivity contribution in [2.24, 2.45) is 0 Å². The molecule has 0 bridgehead atoms. The van der Waals surface area contributed by atoms with Crippen molar-refractivity contribution in [2.45, 2.75) is 6.42 Å². The van der Waals surface area contributed by atoms with Gasteiger partial charge in [-0.1, -0.05) is 18.2 Å². The van der Waals surface area contributed by atoms with Crippen molar-refractivity contribution in [3.8, 4) is 11.3 Å². The van der Waals surface area contributed by atoms with E-state index >= 15 is 0 Å². The zero-order chi connectivity index (χ0) is 15.2. The second-order valence-corrected chi connectivity index (χ2v) is 4.88. The average molecular weight is 292 g/mol. The Labute approximate surface area is 128 Å². The van der Waals surface area contributed by atoms with Gasteiger partial charge in [-0.15, -0.1) is 0 Å². The fraction of sp³-hybridized carbons (Fsp3) is 0.118. The van der Waals surface area contributed by atoms with Crippen LogP contribution >= 0.6 is 0 Å². The Kier molecular flexibility index (Phi) is 4.25. The molecule has 1 amide bonds. The van der Waals surface area contributed by atoms with Crippen molar-refractivity contribution in [3.05, 3.63) is 72.4 Å². The van der Waals surface area contributed by atoms with Gasteiger partial charge < -0.3 is 10.3 Å². The lowest BCUT2D eigenvalue weighted by Crippen LogP contribution is -2.25. The Morgan fingerprint density at radius 3 is 2.68 bits per heavy atom. The zero-order valence-corrected chi connectivity index (χ0v) is 12.0. The number of carbonyl (C=O) groups is 1. The quantitative estimate of drug-likeness (QED) is 0.759. The van der Waals surface area contributed by atoms with E-state index in [0.29, 0.717) is 12.1 Å². The summed E-state index contributed by atoms with van der Waals surface area (Å²) in [6.45, 7) is 0.572. The Balaban J connectivity index is 1.59. The molecule has 3 aromatic rings. The minimum Gasteiger partial charge on any atom is -0.352 e. The molecule has 5 nitrogen and oxygen atoms in total. The molecular formula is C17H16N4O. The van der Waals surface area contributed by atoms with Crippen molar-refractivity contribution in [1.29, 1.82) is 0 Å². The molecule has 5 heteroatoms. The maximum atomic E-state index is 12.1. The molecule has 2 N–H and O–H groups in total. The molecule has 0 radical (unpaired) electrons. The number of imidazole rings is 1. The fourth-order valence-corrected chi connectivity index (χ4v) is 2.16. The SMILES string of the molecule is O=C(NCCc1cnc[nH]1)c1ccc(-c2ccccn2)cc1. The lowest BCUT2D eigenvalue weighted by molar-refractivity contribution is 0.0954. The van der Waals surface area contributed by atoms with Crippen molar-refractivity contribution in [2.75, 3.05) is 6.54 Å². The second-order valence-electron chi connectivity index (χ2n) is 4.88. The molecule has 0 atom stereocenters. The smallest absolute Gasteiger partial charge is 0.251 e.